The smallest absolute Gasteiger partial charge is 0.340 e. The third-order valence-corrected chi connectivity index (χ3v) is 5.17. The quantitative estimate of drug-likeness (QED) is 0.378. The molecule has 5 heteroatoms. The largest absolute Gasteiger partial charge is 0.451 e. The Morgan fingerprint density at radius 3 is 2.27 bits per heavy atom. The van der Waals surface area contributed by atoms with Crippen molar-refractivity contribution in [2.24, 2.45) is 0 Å². The average molecular weight is 407 g/mol. The lowest BCUT2D eigenvalue weighted by atomic mass is 10.0. The van der Waals surface area contributed by atoms with E-state index < -0.39 is 12.1 Å². The SMILES string of the molecule is CCCc1ccc(C(=O)C(C)OC(=O)c2cc(C)n(-c3ccc(F)cc3)c2C)cc1. The van der Waals surface area contributed by atoms with E-state index in [4.69, 9.17) is 4.74 Å². The summed E-state index contributed by atoms with van der Waals surface area (Å²) in [5.74, 6) is -1.12. The molecule has 1 atom stereocenters. The average Bonchev–Trinajstić information content (AvgIpc) is 3.03. The number of ketones is 1. The Morgan fingerprint density at radius 2 is 1.67 bits per heavy atom. The topological polar surface area (TPSA) is 48.3 Å². The predicted octanol–water partition coefficient (Wildman–Crippen LogP) is 5.61. The van der Waals surface area contributed by atoms with E-state index in [1.165, 1.54) is 17.7 Å². The van der Waals surface area contributed by atoms with Crippen LogP contribution in [-0.2, 0) is 11.2 Å². The fourth-order valence-corrected chi connectivity index (χ4v) is 3.59. The van der Waals surface area contributed by atoms with E-state index in [-0.39, 0.29) is 11.6 Å². The maximum Gasteiger partial charge on any atom is 0.340 e. The standard InChI is InChI=1S/C25H26FNO3/c1-5-6-19-7-9-20(10-8-19)24(28)18(4)30-25(29)23-15-16(2)27(17(23)3)22-13-11-21(26)12-14-22/h7-15,18H,5-6H2,1-4H3. The molecule has 1 unspecified atom stereocenters. The van der Waals surface area contributed by atoms with Crippen molar-refractivity contribution in [1.82, 2.24) is 4.57 Å². The van der Waals surface area contributed by atoms with Gasteiger partial charge in [-0.2, -0.15) is 0 Å². The van der Waals surface area contributed by atoms with Gasteiger partial charge in [-0.3, -0.25) is 4.79 Å². The minimum atomic E-state index is -0.900. The summed E-state index contributed by atoms with van der Waals surface area (Å²) >= 11 is 0. The van der Waals surface area contributed by atoms with Gasteiger partial charge >= 0.3 is 5.97 Å². The summed E-state index contributed by atoms with van der Waals surface area (Å²) in [5, 5.41) is 0. The molecule has 30 heavy (non-hydrogen) atoms. The second-order valence-corrected chi connectivity index (χ2v) is 7.46. The highest BCUT2D eigenvalue weighted by molar-refractivity contribution is 6.01. The highest BCUT2D eigenvalue weighted by atomic mass is 19.1. The van der Waals surface area contributed by atoms with Crippen molar-refractivity contribution >= 4 is 11.8 Å². The first kappa shape index (κ1) is 21.5. The fraction of sp³-hybridized carbons (Fsp3) is 0.280. The maximum absolute atomic E-state index is 13.2. The number of aryl methyl sites for hydroxylation is 2. The molecule has 0 aliphatic carbocycles. The van der Waals surface area contributed by atoms with Gasteiger partial charge in [0, 0.05) is 22.6 Å². The van der Waals surface area contributed by atoms with E-state index in [1.807, 2.05) is 23.6 Å². The van der Waals surface area contributed by atoms with Crippen LogP contribution in [0.4, 0.5) is 4.39 Å². The van der Waals surface area contributed by atoms with Crippen LogP contribution in [0.15, 0.2) is 54.6 Å². The summed E-state index contributed by atoms with van der Waals surface area (Å²) in [4.78, 5) is 25.4. The minimum absolute atomic E-state index is 0.237. The fourth-order valence-electron chi connectivity index (χ4n) is 3.59. The maximum atomic E-state index is 13.2. The van der Waals surface area contributed by atoms with Crippen LogP contribution in [0.2, 0.25) is 0 Å². The predicted molar refractivity (Wildman–Crippen MR) is 115 cm³/mol. The molecule has 156 valence electrons. The number of ether oxygens (including phenoxy) is 1. The van der Waals surface area contributed by atoms with Crippen molar-refractivity contribution in [2.75, 3.05) is 0 Å². The van der Waals surface area contributed by atoms with E-state index in [2.05, 4.69) is 6.92 Å². The first-order chi connectivity index (χ1) is 14.3. The first-order valence-corrected chi connectivity index (χ1v) is 10.1. The van der Waals surface area contributed by atoms with Crippen LogP contribution in [0.5, 0.6) is 0 Å². The van der Waals surface area contributed by atoms with E-state index >= 15 is 0 Å². The molecule has 3 aromatic rings. The van der Waals surface area contributed by atoms with Crippen LogP contribution in [0.25, 0.3) is 5.69 Å². The molecule has 0 radical (unpaired) electrons. The molecule has 1 heterocycles. The molecule has 0 fully saturated rings. The van der Waals surface area contributed by atoms with E-state index in [0.717, 1.165) is 24.2 Å². The number of Topliss-reactive ketones (excluding diaryl/α,β-unsaturated/α-hetero) is 1. The molecule has 0 saturated heterocycles. The number of hydrogen-bond donors (Lipinski definition) is 0. The van der Waals surface area contributed by atoms with Crippen molar-refractivity contribution < 1.29 is 18.7 Å². The minimum Gasteiger partial charge on any atom is -0.451 e. The van der Waals surface area contributed by atoms with Gasteiger partial charge in [0.2, 0.25) is 5.78 Å². The van der Waals surface area contributed by atoms with Crippen molar-refractivity contribution in [3.8, 4) is 5.69 Å². The zero-order valence-electron chi connectivity index (χ0n) is 17.7. The summed E-state index contributed by atoms with van der Waals surface area (Å²) in [7, 11) is 0. The molecule has 3 rings (SSSR count). The van der Waals surface area contributed by atoms with Gasteiger partial charge < -0.3 is 9.30 Å². The number of benzene rings is 2. The molecule has 0 bridgehead atoms. The van der Waals surface area contributed by atoms with E-state index in [0.29, 0.717) is 16.8 Å². The first-order valence-electron chi connectivity index (χ1n) is 10.1. The number of nitrogens with zero attached hydrogens (tertiary/aromatic N) is 1. The van der Waals surface area contributed by atoms with Crippen molar-refractivity contribution in [3.63, 3.8) is 0 Å². The Bertz CT molecular complexity index is 1050. The number of rotatable bonds is 7. The third-order valence-electron chi connectivity index (χ3n) is 5.17. The molecule has 0 aliphatic heterocycles. The number of esters is 1. The summed E-state index contributed by atoms with van der Waals surface area (Å²) in [6.45, 7) is 7.35. The van der Waals surface area contributed by atoms with Crippen molar-refractivity contribution in [3.05, 3.63) is 88.5 Å². The molecule has 0 N–H and O–H groups in total. The summed E-state index contributed by atoms with van der Waals surface area (Å²) in [6.07, 6.45) is 1.10. The summed E-state index contributed by atoms with van der Waals surface area (Å²) < 4.78 is 20.6. The Kier molecular flexibility index (Phi) is 6.50. The molecule has 0 amide bonds. The van der Waals surface area contributed by atoms with Gasteiger partial charge in [-0.05, 0) is 63.1 Å². The van der Waals surface area contributed by atoms with E-state index in [1.54, 1.807) is 44.2 Å². The highest BCUT2D eigenvalue weighted by Gasteiger charge is 2.24. The van der Waals surface area contributed by atoms with Crippen LogP contribution < -0.4 is 0 Å². The van der Waals surface area contributed by atoms with Gasteiger partial charge in [-0.15, -0.1) is 0 Å². The van der Waals surface area contributed by atoms with Gasteiger partial charge in [0.15, 0.2) is 6.10 Å². The number of carbonyl (C=O) groups excluding carboxylic acids is 2. The van der Waals surface area contributed by atoms with Gasteiger partial charge in [0.05, 0.1) is 5.56 Å². The monoisotopic (exact) mass is 407 g/mol. The Labute approximate surface area is 176 Å². The lowest BCUT2D eigenvalue weighted by Gasteiger charge is -2.13. The van der Waals surface area contributed by atoms with Gasteiger partial charge in [-0.25, -0.2) is 9.18 Å². The zero-order chi connectivity index (χ0) is 21.8. The van der Waals surface area contributed by atoms with Crippen LogP contribution in [-0.4, -0.2) is 22.4 Å². The second-order valence-electron chi connectivity index (χ2n) is 7.46. The molecule has 0 aliphatic rings. The van der Waals surface area contributed by atoms with Crippen LogP contribution in [0.1, 0.15) is 57.9 Å². The van der Waals surface area contributed by atoms with Gasteiger partial charge in [0.25, 0.3) is 0 Å². The van der Waals surface area contributed by atoms with Crippen molar-refractivity contribution in [1.29, 1.82) is 0 Å². The van der Waals surface area contributed by atoms with Crippen LogP contribution in [0.3, 0.4) is 0 Å². The number of aromatic nitrogens is 1. The van der Waals surface area contributed by atoms with Gasteiger partial charge in [-0.1, -0.05) is 37.6 Å². The molecule has 4 nitrogen and oxygen atoms in total. The Morgan fingerprint density at radius 1 is 1.03 bits per heavy atom. The highest BCUT2D eigenvalue weighted by Crippen LogP contribution is 2.22. The second kappa shape index (κ2) is 9.08. The van der Waals surface area contributed by atoms with Crippen molar-refractivity contribution in [2.45, 2.75) is 46.6 Å². The normalized spacial score (nSPS) is 11.9. The molecule has 0 spiro atoms. The lowest BCUT2D eigenvalue weighted by molar-refractivity contribution is 0.0318. The summed E-state index contributed by atoms with van der Waals surface area (Å²) in [6, 6.07) is 15.2. The molecule has 2 aromatic carbocycles. The van der Waals surface area contributed by atoms with E-state index in [9.17, 15) is 14.0 Å². The van der Waals surface area contributed by atoms with Crippen LogP contribution in [0, 0.1) is 19.7 Å². The Balaban J connectivity index is 1.76. The molecule has 1 aromatic heterocycles. The number of carbonyl (C=O) groups is 2. The number of halogens is 1. The number of hydrogen-bond acceptors (Lipinski definition) is 3. The van der Waals surface area contributed by atoms with Gasteiger partial charge in [0.1, 0.15) is 5.82 Å². The third kappa shape index (κ3) is 4.51. The Hall–Kier alpha value is -3.21. The molecular weight excluding hydrogens is 381 g/mol. The molecule has 0 saturated carbocycles. The lowest BCUT2D eigenvalue weighted by Crippen LogP contribution is -2.24. The van der Waals surface area contributed by atoms with Crippen LogP contribution >= 0.6 is 0 Å². The zero-order valence-corrected chi connectivity index (χ0v) is 17.7. The summed E-state index contributed by atoms with van der Waals surface area (Å²) in [5.41, 5.74) is 4.32. The molecular formula is C25H26FNO3.